The minimum absolute atomic E-state index is 0.141. The molecule has 1 aromatic rings. The molecule has 0 radical (unpaired) electrons. The summed E-state index contributed by atoms with van der Waals surface area (Å²) in [4.78, 5) is 0. The zero-order chi connectivity index (χ0) is 13.4. The van der Waals surface area contributed by atoms with Gasteiger partial charge >= 0.3 is 0 Å². The Bertz CT molecular complexity index is 373. The minimum Gasteiger partial charge on any atom is -0.409 e. The molecule has 0 bridgehead atoms. The van der Waals surface area contributed by atoms with Gasteiger partial charge < -0.3 is 16.3 Å². The van der Waals surface area contributed by atoms with Crippen molar-refractivity contribution in [1.29, 1.82) is 0 Å². The van der Waals surface area contributed by atoms with Crippen LogP contribution < -0.4 is 11.1 Å². The van der Waals surface area contributed by atoms with Crippen LogP contribution in [0, 0.1) is 0 Å². The van der Waals surface area contributed by atoms with Gasteiger partial charge in [0.2, 0.25) is 0 Å². The zero-order valence-electron chi connectivity index (χ0n) is 11.2. The molecule has 0 fully saturated rings. The van der Waals surface area contributed by atoms with Crippen LogP contribution in [0.25, 0.3) is 0 Å². The van der Waals surface area contributed by atoms with E-state index in [9.17, 15) is 0 Å². The molecule has 100 valence electrons. The first-order chi connectivity index (χ1) is 8.65. The number of aryl methyl sites for hydroxylation is 1. The number of unbranched alkanes of at least 4 members (excludes halogenated alkanes) is 1. The Morgan fingerprint density at radius 1 is 1.39 bits per heavy atom. The summed E-state index contributed by atoms with van der Waals surface area (Å²) in [6, 6.07) is 8.59. The van der Waals surface area contributed by atoms with Crippen molar-refractivity contribution >= 4 is 11.5 Å². The fourth-order valence-electron chi connectivity index (χ4n) is 1.84. The standard InChI is InChI=1S/C14H23N3O/c1-3-4-5-12-6-8-13(9-7-12)16-11(2)10-14(15)17-18/h6-9,11,16,18H,3-5,10H2,1-2H3,(H2,15,17). The van der Waals surface area contributed by atoms with Crippen molar-refractivity contribution in [2.45, 2.75) is 45.6 Å². The van der Waals surface area contributed by atoms with E-state index in [1.165, 1.54) is 18.4 Å². The van der Waals surface area contributed by atoms with E-state index in [0.717, 1.165) is 12.1 Å². The molecule has 18 heavy (non-hydrogen) atoms. The highest BCUT2D eigenvalue weighted by molar-refractivity contribution is 5.80. The Labute approximate surface area is 109 Å². The number of hydrogen-bond donors (Lipinski definition) is 3. The lowest BCUT2D eigenvalue weighted by Gasteiger charge is -2.14. The molecule has 4 nitrogen and oxygen atoms in total. The molecular weight excluding hydrogens is 226 g/mol. The smallest absolute Gasteiger partial charge is 0.141 e. The quantitative estimate of drug-likeness (QED) is 0.301. The van der Waals surface area contributed by atoms with Gasteiger partial charge in [0.1, 0.15) is 5.84 Å². The summed E-state index contributed by atoms with van der Waals surface area (Å²) < 4.78 is 0. The highest BCUT2D eigenvalue weighted by Crippen LogP contribution is 2.13. The summed E-state index contributed by atoms with van der Waals surface area (Å²) in [6.07, 6.45) is 4.11. The molecule has 0 amide bonds. The number of oxime groups is 1. The van der Waals surface area contributed by atoms with Gasteiger partial charge in [-0.15, -0.1) is 0 Å². The van der Waals surface area contributed by atoms with Crippen molar-refractivity contribution in [3.63, 3.8) is 0 Å². The molecular formula is C14H23N3O. The van der Waals surface area contributed by atoms with Crippen molar-refractivity contribution in [2.24, 2.45) is 10.9 Å². The van der Waals surface area contributed by atoms with Crippen LogP contribution in [0.3, 0.4) is 0 Å². The van der Waals surface area contributed by atoms with Crippen LogP contribution in [0.15, 0.2) is 29.4 Å². The van der Waals surface area contributed by atoms with Crippen molar-refractivity contribution in [1.82, 2.24) is 0 Å². The summed E-state index contributed by atoms with van der Waals surface area (Å²) in [5.41, 5.74) is 7.90. The second-order valence-corrected chi connectivity index (χ2v) is 4.64. The van der Waals surface area contributed by atoms with Crippen LogP contribution in [0.5, 0.6) is 0 Å². The van der Waals surface area contributed by atoms with E-state index < -0.39 is 0 Å². The Balaban J connectivity index is 2.47. The van der Waals surface area contributed by atoms with Crippen LogP contribution in [-0.2, 0) is 6.42 Å². The summed E-state index contributed by atoms with van der Waals surface area (Å²) in [6.45, 7) is 4.20. The molecule has 1 rings (SSSR count). The second-order valence-electron chi connectivity index (χ2n) is 4.64. The second kappa shape index (κ2) is 7.58. The van der Waals surface area contributed by atoms with Crippen molar-refractivity contribution in [3.8, 4) is 0 Å². The third kappa shape index (κ3) is 5.08. The molecule has 0 aliphatic carbocycles. The summed E-state index contributed by atoms with van der Waals surface area (Å²) in [5.74, 6) is 0.245. The van der Waals surface area contributed by atoms with Gasteiger partial charge in [-0.2, -0.15) is 0 Å². The van der Waals surface area contributed by atoms with Crippen LogP contribution >= 0.6 is 0 Å². The number of nitrogens with two attached hydrogens (primary N) is 1. The molecule has 0 heterocycles. The van der Waals surface area contributed by atoms with Gasteiger partial charge in [-0.05, 0) is 37.5 Å². The van der Waals surface area contributed by atoms with E-state index >= 15 is 0 Å². The predicted molar refractivity (Wildman–Crippen MR) is 76.2 cm³/mol. The predicted octanol–water partition coefficient (Wildman–Crippen LogP) is 2.97. The number of nitrogens with one attached hydrogen (secondary N) is 1. The van der Waals surface area contributed by atoms with Gasteiger partial charge in [0.05, 0.1) is 0 Å². The number of nitrogens with zero attached hydrogens (tertiary/aromatic N) is 1. The number of rotatable bonds is 7. The summed E-state index contributed by atoms with van der Waals surface area (Å²) in [5, 5.41) is 14.8. The van der Waals surface area contributed by atoms with Gasteiger partial charge in [-0.1, -0.05) is 30.6 Å². The van der Waals surface area contributed by atoms with Crippen molar-refractivity contribution in [2.75, 3.05) is 5.32 Å². The average Bonchev–Trinajstić information content (AvgIpc) is 2.37. The van der Waals surface area contributed by atoms with E-state index in [4.69, 9.17) is 10.9 Å². The molecule has 0 spiro atoms. The number of amidine groups is 1. The fourth-order valence-corrected chi connectivity index (χ4v) is 1.84. The highest BCUT2D eigenvalue weighted by Gasteiger charge is 2.04. The lowest BCUT2D eigenvalue weighted by Crippen LogP contribution is -2.24. The molecule has 0 aliphatic rings. The number of benzene rings is 1. The summed E-state index contributed by atoms with van der Waals surface area (Å²) in [7, 11) is 0. The fraction of sp³-hybridized carbons (Fsp3) is 0.500. The average molecular weight is 249 g/mol. The topological polar surface area (TPSA) is 70.6 Å². The SMILES string of the molecule is CCCCc1ccc(NC(C)C/C(N)=N/O)cc1. The van der Waals surface area contributed by atoms with Gasteiger partial charge in [0.15, 0.2) is 0 Å². The highest BCUT2D eigenvalue weighted by atomic mass is 16.4. The van der Waals surface area contributed by atoms with Crippen molar-refractivity contribution in [3.05, 3.63) is 29.8 Å². The van der Waals surface area contributed by atoms with E-state index in [2.05, 4.69) is 41.7 Å². The Hall–Kier alpha value is -1.71. The van der Waals surface area contributed by atoms with Gasteiger partial charge in [-0.3, -0.25) is 0 Å². The van der Waals surface area contributed by atoms with Gasteiger partial charge in [0, 0.05) is 18.2 Å². The lowest BCUT2D eigenvalue weighted by atomic mass is 10.1. The Kier molecular flexibility index (Phi) is 6.05. The third-order valence-electron chi connectivity index (χ3n) is 2.83. The molecule has 4 heteroatoms. The molecule has 0 aromatic heterocycles. The zero-order valence-corrected chi connectivity index (χ0v) is 11.2. The monoisotopic (exact) mass is 249 g/mol. The van der Waals surface area contributed by atoms with Crippen LogP contribution in [0.2, 0.25) is 0 Å². The Morgan fingerprint density at radius 2 is 2.06 bits per heavy atom. The summed E-state index contributed by atoms with van der Waals surface area (Å²) >= 11 is 0. The molecule has 0 aliphatic heterocycles. The number of hydrogen-bond acceptors (Lipinski definition) is 3. The maximum absolute atomic E-state index is 8.50. The lowest BCUT2D eigenvalue weighted by molar-refractivity contribution is 0.316. The first-order valence-corrected chi connectivity index (χ1v) is 6.47. The minimum atomic E-state index is 0.141. The van der Waals surface area contributed by atoms with Gasteiger partial charge in [-0.25, -0.2) is 0 Å². The molecule has 0 saturated carbocycles. The van der Waals surface area contributed by atoms with E-state index in [1.54, 1.807) is 0 Å². The molecule has 1 atom stereocenters. The molecule has 4 N–H and O–H groups in total. The van der Waals surface area contributed by atoms with E-state index in [1.807, 2.05) is 6.92 Å². The maximum Gasteiger partial charge on any atom is 0.141 e. The number of anilines is 1. The van der Waals surface area contributed by atoms with Crippen LogP contribution in [0.4, 0.5) is 5.69 Å². The van der Waals surface area contributed by atoms with Crippen LogP contribution in [-0.4, -0.2) is 17.1 Å². The van der Waals surface area contributed by atoms with Gasteiger partial charge in [0.25, 0.3) is 0 Å². The molecule has 1 aromatic carbocycles. The maximum atomic E-state index is 8.50. The molecule has 1 unspecified atom stereocenters. The molecule has 0 saturated heterocycles. The van der Waals surface area contributed by atoms with E-state index in [0.29, 0.717) is 6.42 Å². The normalized spacial score (nSPS) is 13.3. The largest absolute Gasteiger partial charge is 0.409 e. The first kappa shape index (κ1) is 14.4. The third-order valence-corrected chi connectivity index (χ3v) is 2.83. The first-order valence-electron chi connectivity index (χ1n) is 6.47. The Morgan fingerprint density at radius 3 is 2.61 bits per heavy atom. The van der Waals surface area contributed by atoms with E-state index in [-0.39, 0.29) is 11.9 Å². The van der Waals surface area contributed by atoms with Crippen LogP contribution in [0.1, 0.15) is 38.7 Å². The van der Waals surface area contributed by atoms with Crippen molar-refractivity contribution < 1.29 is 5.21 Å².